The molecule has 1 amide bonds. The molecule has 152 valence electrons. The zero-order valence-electron chi connectivity index (χ0n) is 15.9. The van der Waals surface area contributed by atoms with Crippen molar-refractivity contribution in [2.24, 2.45) is 7.05 Å². The summed E-state index contributed by atoms with van der Waals surface area (Å²) >= 11 is 3.40. The van der Waals surface area contributed by atoms with Crippen LogP contribution in [0.5, 0.6) is 11.5 Å². The van der Waals surface area contributed by atoms with Crippen LogP contribution in [0.3, 0.4) is 0 Å². The zero-order chi connectivity index (χ0) is 21.1. The van der Waals surface area contributed by atoms with Gasteiger partial charge in [0.2, 0.25) is 0 Å². The molecule has 0 saturated carbocycles. The number of rotatable bonds is 6. The second kappa shape index (κ2) is 8.60. The van der Waals surface area contributed by atoms with Crippen molar-refractivity contribution in [3.05, 3.63) is 58.2 Å². The lowest BCUT2D eigenvalue weighted by atomic mass is 10.1. The fourth-order valence-electron chi connectivity index (χ4n) is 2.95. The van der Waals surface area contributed by atoms with Crippen LogP contribution < -0.4 is 14.8 Å². The summed E-state index contributed by atoms with van der Waals surface area (Å²) < 4.78 is 37.2. The van der Waals surface area contributed by atoms with Gasteiger partial charge in [-0.3, -0.25) is 9.48 Å². The molecule has 0 spiro atoms. The largest absolute Gasteiger partial charge is 0.493 e. The maximum atomic E-state index is 12.8. The number of aryl methyl sites for hydroxylation is 2. The van der Waals surface area contributed by atoms with Gasteiger partial charge in [-0.2, -0.15) is 13.9 Å². The smallest absolute Gasteiger partial charge is 0.387 e. The number of methoxy groups -OCH3 is 1. The minimum atomic E-state index is -3.04. The Kier molecular flexibility index (Phi) is 6.17. The van der Waals surface area contributed by atoms with Crippen LogP contribution in [0.15, 0.2) is 46.9 Å². The molecule has 9 heteroatoms. The number of halogens is 3. The molecule has 1 aromatic heterocycles. The molecule has 2 aromatic carbocycles. The highest BCUT2D eigenvalue weighted by Crippen LogP contribution is 2.33. The SMILES string of the molecule is COc1ccc(C(=O)Nc2c(-c3ccc(Br)cc3)c(C)nn2C)cc1OC(F)F. The minimum absolute atomic E-state index is 0.105. The number of hydrogen-bond donors (Lipinski definition) is 1. The zero-order valence-corrected chi connectivity index (χ0v) is 17.5. The molecule has 0 radical (unpaired) electrons. The number of alkyl halides is 2. The van der Waals surface area contributed by atoms with Crippen LogP contribution in [0.4, 0.5) is 14.6 Å². The van der Waals surface area contributed by atoms with Crippen LogP contribution in [0.1, 0.15) is 16.1 Å². The Bertz CT molecular complexity index is 1040. The first-order chi connectivity index (χ1) is 13.8. The van der Waals surface area contributed by atoms with Crippen molar-refractivity contribution in [2.45, 2.75) is 13.5 Å². The molecule has 1 heterocycles. The van der Waals surface area contributed by atoms with Gasteiger partial charge in [0.1, 0.15) is 5.82 Å². The van der Waals surface area contributed by atoms with Crippen LogP contribution in [0, 0.1) is 6.92 Å². The lowest BCUT2D eigenvalue weighted by molar-refractivity contribution is -0.0512. The van der Waals surface area contributed by atoms with Crippen molar-refractivity contribution in [1.82, 2.24) is 9.78 Å². The average Bonchev–Trinajstić information content (AvgIpc) is 2.95. The van der Waals surface area contributed by atoms with Crippen molar-refractivity contribution in [2.75, 3.05) is 12.4 Å². The molecule has 0 atom stereocenters. The second-order valence-electron chi connectivity index (χ2n) is 6.14. The van der Waals surface area contributed by atoms with Gasteiger partial charge in [0, 0.05) is 22.6 Å². The number of ether oxygens (including phenoxy) is 2. The van der Waals surface area contributed by atoms with Crippen LogP contribution in [-0.2, 0) is 7.05 Å². The number of carbonyl (C=O) groups is 1. The molecule has 0 unspecified atom stereocenters. The number of nitrogens with zero attached hydrogens (tertiary/aromatic N) is 2. The molecule has 0 aliphatic heterocycles. The Labute approximate surface area is 174 Å². The molecule has 6 nitrogen and oxygen atoms in total. The molecular weight excluding hydrogens is 448 g/mol. The number of hydrogen-bond acceptors (Lipinski definition) is 4. The third-order valence-electron chi connectivity index (χ3n) is 4.23. The summed E-state index contributed by atoms with van der Waals surface area (Å²) in [5.41, 5.74) is 2.53. The highest BCUT2D eigenvalue weighted by Gasteiger charge is 2.20. The summed E-state index contributed by atoms with van der Waals surface area (Å²) in [6.45, 7) is -1.19. The van der Waals surface area contributed by atoms with Gasteiger partial charge in [-0.15, -0.1) is 0 Å². The number of carbonyl (C=O) groups excluding carboxylic acids is 1. The Morgan fingerprint density at radius 1 is 1.17 bits per heavy atom. The topological polar surface area (TPSA) is 65.4 Å². The van der Waals surface area contributed by atoms with E-state index >= 15 is 0 Å². The van der Waals surface area contributed by atoms with Crippen molar-refractivity contribution in [3.8, 4) is 22.6 Å². The van der Waals surface area contributed by atoms with Crippen molar-refractivity contribution >= 4 is 27.7 Å². The number of anilines is 1. The second-order valence-corrected chi connectivity index (χ2v) is 7.05. The summed E-state index contributed by atoms with van der Waals surface area (Å²) in [5.74, 6) is -0.117. The van der Waals surface area contributed by atoms with Crippen LogP contribution in [0.25, 0.3) is 11.1 Å². The standard InChI is InChI=1S/C20H18BrF2N3O3/c1-11-17(12-4-7-14(21)8-5-12)18(26(2)25-11)24-19(27)13-6-9-15(28-3)16(10-13)29-20(22)23/h4-10,20H,1-3H3,(H,24,27). The van der Waals surface area contributed by atoms with Crippen LogP contribution in [0.2, 0.25) is 0 Å². The van der Waals surface area contributed by atoms with E-state index in [1.165, 1.54) is 25.3 Å². The fraction of sp³-hybridized carbons (Fsp3) is 0.200. The van der Waals surface area contributed by atoms with Gasteiger partial charge in [-0.25, -0.2) is 0 Å². The highest BCUT2D eigenvalue weighted by molar-refractivity contribution is 9.10. The van der Waals surface area contributed by atoms with Crippen molar-refractivity contribution in [1.29, 1.82) is 0 Å². The number of amides is 1. The van der Waals surface area contributed by atoms with E-state index in [2.05, 4.69) is 31.1 Å². The van der Waals surface area contributed by atoms with Gasteiger partial charge >= 0.3 is 6.61 Å². The van der Waals surface area contributed by atoms with E-state index in [0.29, 0.717) is 5.82 Å². The van der Waals surface area contributed by atoms with Gasteiger partial charge in [0.05, 0.1) is 12.8 Å². The van der Waals surface area contributed by atoms with E-state index in [-0.39, 0.29) is 17.1 Å². The van der Waals surface area contributed by atoms with E-state index in [1.807, 2.05) is 31.2 Å². The number of nitrogens with one attached hydrogen (secondary N) is 1. The first kappa shape index (κ1) is 20.8. The van der Waals surface area contributed by atoms with E-state index in [1.54, 1.807) is 11.7 Å². The third-order valence-corrected chi connectivity index (χ3v) is 4.76. The monoisotopic (exact) mass is 465 g/mol. The van der Waals surface area contributed by atoms with Crippen LogP contribution >= 0.6 is 15.9 Å². The first-order valence-electron chi connectivity index (χ1n) is 8.54. The summed E-state index contributed by atoms with van der Waals surface area (Å²) in [6, 6.07) is 11.7. The van der Waals surface area contributed by atoms with Gasteiger partial charge < -0.3 is 14.8 Å². The normalized spacial score (nSPS) is 10.9. The lowest BCUT2D eigenvalue weighted by Gasteiger charge is -2.13. The predicted octanol–water partition coefficient (Wildman–Crippen LogP) is 5.02. The van der Waals surface area contributed by atoms with Gasteiger partial charge in [-0.05, 0) is 42.8 Å². The summed E-state index contributed by atoms with van der Waals surface area (Å²) in [5, 5.41) is 7.20. The Balaban J connectivity index is 1.95. The Hall–Kier alpha value is -2.94. The first-order valence-corrected chi connectivity index (χ1v) is 9.33. The van der Waals surface area contributed by atoms with Gasteiger partial charge in [0.15, 0.2) is 11.5 Å². The maximum absolute atomic E-state index is 12.8. The van der Waals surface area contributed by atoms with E-state index < -0.39 is 12.5 Å². The molecule has 0 fully saturated rings. The maximum Gasteiger partial charge on any atom is 0.387 e. The molecule has 0 aliphatic carbocycles. The number of benzene rings is 2. The van der Waals surface area contributed by atoms with Crippen molar-refractivity contribution in [3.63, 3.8) is 0 Å². The van der Waals surface area contributed by atoms with E-state index in [9.17, 15) is 13.6 Å². The van der Waals surface area contributed by atoms with Gasteiger partial charge in [0.25, 0.3) is 5.91 Å². The summed E-state index contributed by atoms with van der Waals surface area (Å²) in [6.07, 6.45) is 0. The quantitative estimate of drug-likeness (QED) is 0.554. The summed E-state index contributed by atoms with van der Waals surface area (Å²) in [7, 11) is 3.04. The molecule has 1 N–H and O–H groups in total. The highest BCUT2D eigenvalue weighted by atomic mass is 79.9. The molecule has 3 aromatic rings. The molecule has 0 aliphatic rings. The fourth-order valence-corrected chi connectivity index (χ4v) is 3.21. The van der Waals surface area contributed by atoms with Gasteiger partial charge in [-0.1, -0.05) is 28.1 Å². The predicted molar refractivity (Wildman–Crippen MR) is 109 cm³/mol. The summed E-state index contributed by atoms with van der Waals surface area (Å²) in [4.78, 5) is 12.8. The minimum Gasteiger partial charge on any atom is -0.493 e. The Morgan fingerprint density at radius 3 is 2.48 bits per heavy atom. The molecule has 0 bridgehead atoms. The van der Waals surface area contributed by atoms with E-state index in [0.717, 1.165) is 21.3 Å². The van der Waals surface area contributed by atoms with Crippen molar-refractivity contribution < 1.29 is 23.0 Å². The molecule has 0 saturated heterocycles. The molecule has 3 rings (SSSR count). The lowest BCUT2D eigenvalue weighted by Crippen LogP contribution is -2.15. The molecule has 29 heavy (non-hydrogen) atoms. The number of aromatic nitrogens is 2. The third kappa shape index (κ3) is 4.56. The average molecular weight is 466 g/mol. The van der Waals surface area contributed by atoms with Crippen LogP contribution in [-0.4, -0.2) is 29.4 Å². The molecular formula is C20H18BrF2N3O3. The Morgan fingerprint density at radius 2 is 1.86 bits per heavy atom. The van der Waals surface area contributed by atoms with E-state index in [4.69, 9.17) is 4.74 Å².